The van der Waals surface area contributed by atoms with E-state index in [1.54, 1.807) is 54.3 Å². The van der Waals surface area contributed by atoms with Crippen molar-refractivity contribution in [1.29, 1.82) is 0 Å². The third kappa shape index (κ3) is 10.1. The highest BCUT2D eigenvalue weighted by Crippen LogP contribution is 2.31. The number of ether oxygens (including phenoxy) is 2. The standard InChI is InChI=1S/2C21H24ClN5O2/c2*1-12-9-24-15(13(2)17(12)29-5)11-27-10-14(7-6-8-21(3,4)28)16-18(22)25-20(23)26-19(16)27/h2*9-10,28H,8,11H2,1-5H3,(H2,23,25,26). The Hall–Kier alpha value is -5.64. The Balaban J connectivity index is 0.000000221. The number of hydrogen-bond donors (Lipinski definition) is 4. The molecule has 0 fully saturated rings. The minimum absolute atomic E-state index is 0.0871. The van der Waals surface area contributed by atoms with Crippen LogP contribution in [0, 0.1) is 51.4 Å². The van der Waals surface area contributed by atoms with Crippen LogP contribution in [-0.2, 0) is 13.1 Å². The summed E-state index contributed by atoms with van der Waals surface area (Å²) in [5, 5.41) is 21.5. The molecule has 0 radical (unpaired) electrons. The number of aryl methyl sites for hydroxylation is 2. The number of nitrogens with zero attached hydrogens (tertiary/aromatic N) is 8. The zero-order valence-corrected chi connectivity index (χ0v) is 35.8. The highest BCUT2D eigenvalue weighted by molar-refractivity contribution is 6.35. The van der Waals surface area contributed by atoms with Gasteiger partial charge < -0.3 is 40.3 Å². The van der Waals surface area contributed by atoms with Gasteiger partial charge in [0, 0.05) is 59.9 Å². The Kier molecular flexibility index (Phi) is 13.1. The van der Waals surface area contributed by atoms with Crippen LogP contribution in [0.5, 0.6) is 11.5 Å². The smallest absolute Gasteiger partial charge is 0.223 e. The molecule has 0 unspecified atom stereocenters. The Bertz CT molecular complexity index is 2450. The zero-order chi connectivity index (χ0) is 42.7. The van der Waals surface area contributed by atoms with Gasteiger partial charge in [0.15, 0.2) is 0 Å². The summed E-state index contributed by atoms with van der Waals surface area (Å²) in [6, 6.07) is 0. The lowest BCUT2D eigenvalue weighted by Crippen LogP contribution is -2.16. The number of nitrogens with two attached hydrogens (primary N) is 2. The number of aliphatic hydroxyl groups is 2. The van der Waals surface area contributed by atoms with Crippen LogP contribution in [0.1, 0.15) is 85.3 Å². The van der Waals surface area contributed by atoms with E-state index in [4.69, 9.17) is 44.1 Å². The fraction of sp³-hybridized carbons (Fsp3) is 0.381. The minimum Gasteiger partial charge on any atom is -0.496 e. The molecule has 16 heteroatoms. The van der Waals surface area contributed by atoms with E-state index >= 15 is 0 Å². The van der Waals surface area contributed by atoms with Crippen molar-refractivity contribution in [2.24, 2.45) is 0 Å². The molecule has 58 heavy (non-hydrogen) atoms. The van der Waals surface area contributed by atoms with Crippen LogP contribution in [0.3, 0.4) is 0 Å². The van der Waals surface area contributed by atoms with Gasteiger partial charge in [-0.15, -0.1) is 0 Å². The normalized spacial score (nSPS) is 11.4. The van der Waals surface area contributed by atoms with Crippen molar-refractivity contribution < 1.29 is 19.7 Å². The molecule has 6 heterocycles. The van der Waals surface area contributed by atoms with Crippen molar-refractivity contribution in [3.63, 3.8) is 0 Å². The van der Waals surface area contributed by atoms with Crippen LogP contribution in [0.15, 0.2) is 24.8 Å². The van der Waals surface area contributed by atoms with E-state index in [1.807, 2.05) is 49.2 Å². The minimum atomic E-state index is -0.879. The van der Waals surface area contributed by atoms with Gasteiger partial charge in [-0.05, 0) is 55.4 Å². The lowest BCUT2D eigenvalue weighted by Gasteiger charge is -2.13. The molecule has 0 aliphatic carbocycles. The second-order valence-corrected chi connectivity index (χ2v) is 15.9. The summed E-state index contributed by atoms with van der Waals surface area (Å²) >= 11 is 12.7. The first-order valence-corrected chi connectivity index (χ1v) is 19.0. The zero-order valence-electron chi connectivity index (χ0n) is 34.3. The Labute approximate surface area is 348 Å². The van der Waals surface area contributed by atoms with E-state index in [9.17, 15) is 10.2 Å². The van der Waals surface area contributed by atoms with Crippen LogP contribution in [0.4, 0.5) is 11.9 Å². The van der Waals surface area contributed by atoms with Crippen molar-refractivity contribution in [3.05, 3.63) is 79.9 Å². The molecule has 6 aromatic rings. The molecule has 6 N–H and O–H groups in total. The summed E-state index contributed by atoms with van der Waals surface area (Å²) in [5.74, 6) is 13.9. The van der Waals surface area contributed by atoms with E-state index in [1.165, 1.54) is 0 Å². The van der Waals surface area contributed by atoms with Crippen LogP contribution < -0.4 is 20.9 Å². The molecule has 0 aromatic carbocycles. The summed E-state index contributed by atoms with van der Waals surface area (Å²) in [4.78, 5) is 26.0. The van der Waals surface area contributed by atoms with Crippen LogP contribution in [-0.4, -0.2) is 74.7 Å². The highest BCUT2D eigenvalue weighted by Gasteiger charge is 2.20. The van der Waals surface area contributed by atoms with Gasteiger partial charge in [0.05, 0.1) is 71.8 Å². The SMILES string of the molecule is COc1c(C)cnc(Cn2cc(C#CCC(C)(C)O)c3c(Cl)nc(N)nc32)c1C.COc1c(C)cnc(Cn2cc(C#CCC(C)(C)O)c3c(Cl)nc(N)nc32)c1C. The second kappa shape index (κ2) is 17.5. The van der Waals surface area contributed by atoms with Gasteiger partial charge in [0.1, 0.15) is 33.1 Å². The first-order chi connectivity index (χ1) is 27.2. The predicted octanol–water partition coefficient (Wildman–Crippen LogP) is 6.50. The summed E-state index contributed by atoms with van der Waals surface area (Å²) in [6.07, 6.45) is 7.93. The van der Waals surface area contributed by atoms with Gasteiger partial charge in [0.25, 0.3) is 0 Å². The second-order valence-electron chi connectivity index (χ2n) is 15.2. The molecule has 0 saturated heterocycles. The van der Waals surface area contributed by atoms with Crippen LogP contribution in [0.2, 0.25) is 10.3 Å². The Morgan fingerprint density at radius 1 is 0.655 bits per heavy atom. The van der Waals surface area contributed by atoms with E-state index in [0.717, 1.165) is 45.1 Å². The molecular formula is C42H48Cl2N10O4. The van der Waals surface area contributed by atoms with Gasteiger partial charge in [0.2, 0.25) is 11.9 Å². The average molecular weight is 828 g/mol. The van der Waals surface area contributed by atoms with E-state index in [-0.39, 0.29) is 22.2 Å². The Morgan fingerprint density at radius 2 is 1.02 bits per heavy atom. The number of methoxy groups -OCH3 is 2. The van der Waals surface area contributed by atoms with Crippen molar-refractivity contribution in [1.82, 2.24) is 39.0 Å². The number of aromatic nitrogens is 8. The summed E-state index contributed by atoms with van der Waals surface area (Å²) < 4.78 is 14.8. The number of hydrogen-bond acceptors (Lipinski definition) is 12. The molecule has 0 bridgehead atoms. The van der Waals surface area contributed by atoms with Crippen LogP contribution >= 0.6 is 23.2 Å². The third-order valence-corrected chi connectivity index (χ3v) is 9.55. The molecule has 14 nitrogen and oxygen atoms in total. The largest absolute Gasteiger partial charge is 0.496 e. The third-order valence-electron chi connectivity index (χ3n) is 9.01. The number of halogens is 2. The molecule has 6 aromatic heterocycles. The number of anilines is 2. The fourth-order valence-corrected chi connectivity index (χ4v) is 6.79. The van der Waals surface area contributed by atoms with Crippen molar-refractivity contribution in [3.8, 4) is 35.2 Å². The maximum Gasteiger partial charge on any atom is 0.223 e. The molecule has 0 spiro atoms. The molecule has 6 rings (SSSR count). The summed E-state index contributed by atoms with van der Waals surface area (Å²) in [5.41, 5.74) is 17.9. The molecule has 0 saturated carbocycles. The van der Waals surface area contributed by atoms with E-state index in [2.05, 4.69) is 53.6 Å². The van der Waals surface area contributed by atoms with E-state index in [0.29, 0.717) is 59.1 Å². The summed E-state index contributed by atoms with van der Waals surface area (Å²) in [6.45, 7) is 15.6. The fourth-order valence-electron chi connectivity index (χ4n) is 6.24. The van der Waals surface area contributed by atoms with Crippen molar-refractivity contribution >= 4 is 57.2 Å². The van der Waals surface area contributed by atoms with Crippen molar-refractivity contribution in [2.45, 2.75) is 92.5 Å². The van der Waals surface area contributed by atoms with Crippen LogP contribution in [0.25, 0.3) is 22.1 Å². The number of pyridine rings is 2. The first kappa shape index (κ1) is 43.5. The van der Waals surface area contributed by atoms with Gasteiger partial charge in [-0.25, -0.2) is 9.97 Å². The molecule has 304 valence electrons. The molecule has 0 aliphatic rings. The van der Waals surface area contributed by atoms with Crippen molar-refractivity contribution in [2.75, 3.05) is 25.7 Å². The molecule has 0 amide bonds. The maximum absolute atomic E-state index is 9.91. The lowest BCUT2D eigenvalue weighted by atomic mass is 10.1. The quantitative estimate of drug-likeness (QED) is 0.0962. The number of rotatable bonds is 8. The summed E-state index contributed by atoms with van der Waals surface area (Å²) in [7, 11) is 3.29. The van der Waals surface area contributed by atoms with Gasteiger partial charge in [-0.2, -0.15) is 9.97 Å². The topological polar surface area (TPSA) is 198 Å². The first-order valence-electron chi connectivity index (χ1n) is 18.3. The highest BCUT2D eigenvalue weighted by atomic mass is 35.5. The predicted molar refractivity (Wildman–Crippen MR) is 228 cm³/mol. The lowest BCUT2D eigenvalue weighted by molar-refractivity contribution is 0.0855. The monoisotopic (exact) mass is 826 g/mol. The van der Waals surface area contributed by atoms with Gasteiger partial charge in [-0.1, -0.05) is 46.9 Å². The average Bonchev–Trinajstić information content (AvgIpc) is 3.64. The number of fused-ring (bicyclic) bond motifs is 2. The van der Waals surface area contributed by atoms with E-state index < -0.39 is 11.2 Å². The van der Waals surface area contributed by atoms with Gasteiger partial charge >= 0.3 is 0 Å². The maximum atomic E-state index is 9.91. The van der Waals surface area contributed by atoms with Gasteiger partial charge in [-0.3, -0.25) is 9.97 Å². The number of nitrogen functional groups attached to an aromatic ring is 2. The Morgan fingerprint density at radius 3 is 1.34 bits per heavy atom. The molecule has 0 atom stereocenters. The molecule has 0 aliphatic heterocycles. The molecular weight excluding hydrogens is 779 g/mol.